The van der Waals surface area contributed by atoms with E-state index in [0.717, 1.165) is 16.8 Å². The number of fused-ring (bicyclic) bond motifs is 1. The molecule has 5 rings (SSSR count). The van der Waals surface area contributed by atoms with E-state index in [0.29, 0.717) is 47.4 Å². The number of benzene rings is 1. The number of amides is 1. The molecule has 33 heavy (non-hydrogen) atoms. The third-order valence-electron chi connectivity index (χ3n) is 5.42. The summed E-state index contributed by atoms with van der Waals surface area (Å²) < 4.78 is 0. The van der Waals surface area contributed by atoms with E-state index in [4.69, 9.17) is 10.2 Å². The molecule has 1 aliphatic rings. The Morgan fingerprint density at radius 1 is 1.15 bits per heavy atom. The van der Waals surface area contributed by atoms with Crippen molar-refractivity contribution in [2.24, 2.45) is 0 Å². The summed E-state index contributed by atoms with van der Waals surface area (Å²) >= 11 is 0. The fraction of sp³-hybridized carbons (Fsp3) is 0.174. The highest BCUT2D eigenvalue weighted by Crippen LogP contribution is 2.30. The van der Waals surface area contributed by atoms with Gasteiger partial charge in [0.1, 0.15) is 12.0 Å². The lowest BCUT2D eigenvalue weighted by Crippen LogP contribution is -2.42. The molecule has 0 unspecified atom stereocenters. The lowest BCUT2D eigenvalue weighted by Gasteiger charge is -2.28. The summed E-state index contributed by atoms with van der Waals surface area (Å²) in [7, 11) is 0. The summed E-state index contributed by atoms with van der Waals surface area (Å²) in [4.78, 5) is 32.4. The van der Waals surface area contributed by atoms with Gasteiger partial charge in [-0.15, -0.1) is 0 Å². The molecule has 162 valence electrons. The molecule has 1 amide bonds. The Labute approximate surface area is 189 Å². The number of aryl methyl sites for hydroxylation is 1. The predicted octanol–water partition coefficient (Wildman–Crippen LogP) is 2.50. The Morgan fingerprint density at radius 2 is 2.06 bits per heavy atom. The first-order valence-corrected chi connectivity index (χ1v) is 10.4. The average molecular weight is 437 g/mol. The first-order chi connectivity index (χ1) is 16.1. The minimum Gasteiger partial charge on any atom is -0.358 e. The molecule has 0 bridgehead atoms. The summed E-state index contributed by atoms with van der Waals surface area (Å²) in [6.45, 7) is 2.48. The van der Waals surface area contributed by atoms with E-state index in [2.05, 4.69) is 36.5 Å². The molecule has 0 fully saturated rings. The van der Waals surface area contributed by atoms with Crippen molar-refractivity contribution in [3.8, 4) is 28.8 Å². The fourth-order valence-electron chi connectivity index (χ4n) is 3.76. The Morgan fingerprint density at radius 3 is 2.85 bits per heavy atom. The van der Waals surface area contributed by atoms with Gasteiger partial charge >= 0.3 is 0 Å². The van der Waals surface area contributed by atoms with Crippen LogP contribution in [0.1, 0.15) is 16.8 Å². The Hall–Kier alpha value is -4.65. The van der Waals surface area contributed by atoms with Gasteiger partial charge in [0.05, 0.1) is 30.1 Å². The van der Waals surface area contributed by atoms with Crippen molar-refractivity contribution in [3.63, 3.8) is 0 Å². The second-order valence-corrected chi connectivity index (χ2v) is 7.55. The molecule has 4 aromatic rings. The van der Waals surface area contributed by atoms with Gasteiger partial charge in [0.2, 0.25) is 5.91 Å². The zero-order chi connectivity index (χ0) is 22.8. The van der Waals surface area contributed by atoms with Gasteiger partial charge in [-0.3, -0.25) is 14.8 Å². The average Bonchev–Trinajstić information content (AvgIpc) is 3.38. The predicted molar refractivity (Wildman–Crippen MR) is 121 cm³/mol. The van der Waals surface area contributed by atoms with Gasteiger partial charge in [-0.25, -0.2) is 19.9 Å². The summed E-state index contributed by atoms with van der Waals surface area (Å²) in [5.74, 6) is 1.55. The van der Waals surface area contributed by atoms with Gasteiger partial charge in [-0.05, 0) is 43.2 Å². The van der Waals surface area contributed by atoms with Crippen LogP contribution in [0.15, 0.2) is 48.9 Å². The molecule has 3 aromatic heterocycles. The number of nitrogens with zero attached hydrogens (tertiary/aromatic N) is 7. The lowest BCUT2D eigenvalue weighted by atomic mass is 10.1. The van der Waals surface area contributed by atoms with Crippen LogP contribution in [0.2, 0.25) is 0 Å². The second-order valence-electron chi connectivity index (χ2n) is 7.55. The van der Waals surface area contributed by atoms with Gasteiger partial charge in [-0.1, -0.05) is 12.1 Å². The minimum atomic E-state index is -0.0825. The smallest absolute Gasteiger partial charge is 0.247 e. The molecule has 0 spiro atoms. The Kier molecular flexibility index (Phi) is 5.20. The van der Waals surface area contributed by atoms with Crippen LogP contribution in [-0.4, -0.2) is 49.1 Å². The van der Waals surface area contributed by atoms with Crippen molar-refractivity contribution in [3.05, 3.63) is 65.7 Å². The van der Waals surface area contributed by atoms with Crippen molar-refractivity contribution in [2.45, 2.75) is 13.3 Å². The number of anilines is 2. The Balaban J connectivity index is 1.44. The van der Waals surface area contributed by atoms with Crippen LogP contribution in [-0.2, 0) is 11.2 Å². The van der Waals surface area contributed by atoms with Crippen LogP contribution in [0, 0.1) is 18.3 Å². The summed E-state index contributed by atoms with van der Waals surface area (Å²) in [6, 6.07) is 13.3. The molecule has 0 aliphatic carbocycles. The SMILES string of the molecule is Cc1nc(-c2ncn[nH]2)ccc1-c1cnc2c(n1)N(CCc1cccc(C#N)c1)C(=O)CN2. The van der Waals surface area contributed by atoms with Crippen molar-refractivity contribution in [2.75, 3.05) is 23.3 Å². The van der Waals surface area contributed by atoms with Crippen LogP contribution < -0.4 is 10.2 Å². The molecular weight excluding hydrogens is 418 g/mol. The first-order valence-electron chi connectivity index (χ1n) is 10.4. The zero-order valence-electron chi connectivity index (χ0n) is 17.8. The fourth-order valence-corrected chi connectivity index (χ4v) is 3.76. The number of carbonyl (C=O) groups excluding carboxylic acids is 1. The quantitative estimate of drug-likeness (QED) is 0.486. The van der Waals surface area contributed by atoms with Crippen LogP contribution in [0.25, 0.3) is 22.8 Å². The van der Waals surface area contributed by atoms with E-state index in [1.54, 1.807) is 17.2 Å². The van der Waals surface area contributed by atoms with E-state index in [9.17, 15) is 4.79 Å². The largest absolute Gasteiger partial charge is 0.358 e. The molecule has 10 nitrogen and oxygen atoms in total. The maximum Gasteiger partial charge on any atom is 0.247 e. The number of pyridine rings is 1. The molecule has 1 aromatic carbocycles. The molecule has 10 heteroatoms. The monoisotopic (exact) mass is 437 g/mol. The summed E-state index contributed by atoms with van der Waals surface area (Å²) in [5, 5.41) is 18.8. The maximum atomic E-state index is 12.7. The van der Waals surface area contributed by atoms with E-state index >= 15 is 0 Å². The van der Waals surface area contributed by atoms with Gasteiger partial charge in [0.25, 0.3) is 0 Å². The molecule has 2 N–H and O–H groups in total. The maximum absolute atomic E-state index is 12.7. The van der Waals surface area contributed by atoms with Crippen LogP contribution in [0.5, 0.6) is 0 Å². The van der Waals surface area contributed by atoms with E-state index in [1.165, 1.54) is 6.33 Å². The van der Waals surface area contributed by atoms with Gasteiger partial charge in [0.15, 0.2) is 17.5 Å². The second kappa shape index (κ2) is 8.47. The van der Waals surface area contributed by atoms with Crippen molar-refractivity contribution >= 4 is 17.5 Å². The van der Waals surface area contributed by atoms with Crippen LogP contribution in [0.4, 0.5) is 11.6 Å². The van der Waals surface area contributed by atoms with Crippen molar-refractivity contribution in [1.82, 2.24) is 30.1 Å². The third-order valence-corrected chi connectivity index (χ3v) is 5.42. The highest BCUT2D eigenvalue weighted by atomic mass is 16.2. The number of carbonyl (C=O) groups is 1. The van der Waals surface area contributed by atoms with Crippen molar-refractivity contribution < 1.29 is 4.79 Å². The number of aromatic nitrogens is 6. The summed E-state index contributed by atoms with van der Waals surface area (Å²) in [6.07, 6.45) is 3.71. The third kappa shape index (κ3) is 3.99. The van der Waals surface area contributed by atoms with Crippen molar-refractivity contribution in [1.29, 1.82) is 5.26 Å². The highest BCUT2D eigenvalue weighted by molar-refractivity contribution is 6.01. The minimum absolute atomic E-state index is 0.0825. The topological polar surface area (TPSA) is 136 Å². The number of H-pyrrole nitrogens is 1. The van der Waals surface area contributed by atoms with E-state index < -0.39 is 0 Å². The number of hydrogen-bond donors (Lipinski definition) is 2. The molecular formula is C23H19N9O. The molecule has 0 saturated heterocycles. The van der Waals surface area contributed by atoms with Gasteiger partial charge in [0, 0.05) is 17.8 Å². The lowest BCUT2D eigenvalue weighted by molar-refractivity contribution is -0.117. The molecule has 1 aliphatic heterocycles. The first kappa shape index (κ1) is 20.3. The normalized spacial score (nSPS) is 12.7. The number of rotatable bonds is 5. The standard InChI is InChI=1S/C23H19N9O/c1-14-17(5-6-18(29-14)21-27-13-28-31-21)19-11-25-22-23(30-19)32(20(33)12-26-22)8-7-15-3-2-4-16(9-15)10-24/h2-6,9,11,13H,7-8,12H2,1H3,(H,25,26)(H,27,28,31). The number of hydrogen-bond acceptors (Lipinski definition) is 8. The number of aromatic amines is 1. The number of nitrogens with one attached hydrogen (secondary N) is 2. The van der Waals surface area contributed by atoms with Gasteiger partial charge in [-0.2, -0.15) is 10.4 Å². The summed E-state index contributed by atoms with van der Waals surface area (Å²) in [5.41, 5.74) is 4.45. The van der Waals surface area contributed by atoms with Crippen LogP contribution in [0.3, 0.4) is 0 Å². The number of nitriles is 1. The van der Waals surface area contributed by atoms with E-state index in [1.807, 2.05) is 37.3 Å². The zero-order valence-corrected chi connectivity index (χ0v) is 17.8. The highest BCUT2D eigenvalue weighted by Gasteiger charge is 2.27. The molecule has 0 saturated carbocycles. The van der Waals surface area contributed by atoms with E-state index in [-0.39, 0.29) is 12.5 Å². The molecule has 0 atom stereocenters. The molecule has 0 radical (unpaired) electrons. The Bertz CT molecular complexity index is 1380. The van der Waals surface area contributed by atoms with Crippen LogP contribution >= 0.6 is 0 Å². The molecule has 4 heterocycles. The van der Waals surface area contributed by atoms with Gasteiger partial charge < -0.3 is 5.32 Å².